The lowest BCUT2D eigenvalue weighted by molar-refractivity contribution is -0.141. The second kappa shape index (κ2) is 8.22. The van der Waals surface area contributed by atoms with Gasteiger partial charge in [0.1, 0.15) is 18.1 Å². The van der Waals surface area contributed by atoms with Crippen LogP contribution in [-0.2, 0) is 16.1 Å². The number of amides is 1. The summed E-state index contributed by atoms with van der Waals surface area (Å²) in [6.45, 7) is 4.85. The van der Waals surface area contributed by atoms with Gasteiger partial charge in [0.25, 0.3) is 5.91 Å². The molecule has 0 aliphatic carbocycles. The summed E-state index contributed by atoms with van der Waals surface area (Å²) in [5.41, 5.74) is 2.03. The zero-order chi connectivity index (χ0) is 19.4. The fourth-order valence-corrected chi connectivity index (χ4v) is 3.02. The standard InChI is InChI=1S/C19H22N2O6/c1-12-16(13(2)27-20-12)11-26-17-6-4-3-5-15(17)19(24)21-7-8-25-14(10-21)9-18(22)23/h3-6,14H,7-11H2,1-2H3,(H,22,23)/t14-/m1/s1. The Hall–Kier alpha value is -2.87. The lowest BCUT2D eigenvalue weighted by atomic mass is 10.1. The molecule has 8 heteroatoms. The Morgan fingerprint density at radius 2 is 2.11 bits per heavy atom. The lowest BCUT2D eigenvalue weighted by Crippen LogP contribution is -2.46. The highest BCUT2D eigenvalue weighted by Crippen LogP contribution is 2.24. The van der Waals surface area contributed by atoms with Crippen molar-refractivity contribution in [3.8, 4) is 5.75 Å². The number of ether oxygens (including phenoxy) is 2. The van der Waals surface area contributed by atoms with Crippen molar-refractivity contribution < 1.29 is 28.7 Å². The van der Waals surface area contributed by atoms with E-state index in [1.165, 1.54) is 0 Å². The van der Waals surface area contributed by atoms with Crippen LogP contribution in [0, 0.1) is 13.8 Å². The van der Waals surface area contributed by atoms with E-state index >= 15 is 0 Å². The van der Waals surface area contributed by atoms with E-state index in [-0.39, 0.29) is 25.5 Å². The van der Waals surface area contributed by atoms with E-state index in [1.54, 1.807) is 29.2 Å². The molecule has 3 rings (SSSR count). The first kappa shape index (κ1) is 18.9. The van der Waals surface area contributed by atoms with Gasteiger partial charge in [-0.05, 0) is 26.0 Å². The lowest BCUT2D eigenvalue weighted by Gasteiger charge is -2.32. The van der Waals surface area contributed by atoms with Crippen molar-refractivity contribution in [2.45, 2.75) is 33.0 Å². The third-order valence-corrected chi connectivity index (χ3v) is 4.50. The minimum absolute atomic E-state index is 0.131. The van der Waals surface area contributed by atoms with E-state index in [1.807, 2.05) is 13.8 Å². The van der Waals surface area contributed by atoms with Crippen LogP contribution in [0.25, 0.3) is 0 Å². The molecule has 27 heavy (non-hydrogen) atoms. The summed E-state index contributed by atoms with van der Waals surface area (Å²) in [6.07, 6.45) is -0.635. The molecule has 144 valence electrons. The van der Waals surface area contributed by atoms with Crippen molar-refractivity contribution in [3.05, 3.63) is 46.8 Å². The third kappa shape index (κ3) is 4.46. The molecule has 1 aromatic heterocycles. The molecule has 1 N–H and O–H groups in total. The molecule has 0 bridgehead atoms. The highest BCUT2D eigenvalue weighted by molar-refractivity contribution is 5.97. The van der Waals surface area contributed by atoms with Crippen LogP contribution < -0.4 is 4.74 Å². The number of carbonyl (C=O) groups is 2. The molecule has 1 aliphatic heterocycles. The van der Waals surface area contributed by atoms with Crippen LogP contribution in [0.3, 0.4) is 0 Å². The maximum atomic E-state index is 13.0. The Kier molecular flexibility index (Phi) is 5.75. The Bertz CT molecular complexity index is 812. The minimum atomic E-state index is -0.947. The number of para-hydroxylation sites is 1. The van der Waals surface area contributed by atoms with Crippen LogP contribution in [0.1, 0.15) is 33.8 Å². The Morgan fingerprint density at radius 1 is 1.33 bits per heavy atom. The monoisotopic (exact) mass is 374 g/mol. The number of carbonyl (C=O) groups excluding carboxylic acids is 1. The first-order valence-corrected chi connectivity index (χ1v) is 8.72. The zero-order valence-corrected chi connectivity index (χ0v) is 15.3. The van der Waals surface area contributed by atoms with Gasteiger partial charge in [0.2, 0.25) is 0 Å². The fourth-order valence-electron chi connectivity index (χ4n) is 3.02. The van der Waals surface area contributed by atoms with E-state index in [4.69, 9.17) is 19.1 Å². The topological polar surface area (TPSA) is 102 Å². The second-order valence-electron chi connectivity index (χ2n) is 6.43. The molecule has 1 amide bonds. The number of aromatic nitrogens is 1. The third-order valence-electron chi connectivity index (χ3n) is 4.50. The van der Waals surface area contributed by atoms with Gasteiger partial charge in [0, 0.05) is 13.1 Å². The molecular weight excluding hydrogens is 352 g/mol. The van der Waals surface area contributed by atoms with Crippen LogP contribution in [0.2, 0.25) is 0 Å². The molecule has 2 aromatic rings. The maximum Gasteiger partial charge on any atom is 0.306 e. The number of rotatable bonds is 6. The predicted octanol–water partition coefficient (Wildman–Crippen LogP) is 2.19. The SMILES string of the molecule is Cc1noc(C)c1COc1ccccc1C(=O)N1CCO[C@H](CC(=O)O)C1. The average Bonchev–Trinajstić information content (AvgIpc) is 2.97. The van der Waals surface area contributed by atoms with E-state index in [0.717, 1.165) is 11.3 Å². The number of carboxylic acid groups (broad SMARTS) is 1. The molecule has 1 aromatic carbocycles. The number of aryl methyl sites for hydroxylation is 2. The van der Waals surface area contributed by atoms with Crippen molar-refractivity contribution in [1.29, 1.82) is 0 Å². The number of aliphatic carboxylic acids is 1. The number of nitrogens with zero attached hydrogens (tertiary/aromatic N) is 2. The zero-order valence-electron chi connectivity index (χ0n) is 15.3. The summed E-state index contributed by atoms with van der Waals surface area (Å²) in [4.78, 5) is 25.5. The van der Waals surface area contributed by atoms with Crippen molar-refractivity contribution >= 4 is 11.9 Å². The van der Waals surface area contributed by atoms with Gasteiger partial charge in [-0.2, -0.15) is 0 Å². The molecule has 1 atom stereocenters. The molecule has 0 radical (unpaired) electrons. The fraction of sp³-hybridized carbons (Fsp3) is 0.421. The van der Waals surface area contributed by atoms with Gasteiger partial charge in [-0.15, -0.1) is 0 Å². The Balaban J connectivity index is 1.73. The molecule has 0 saturated carbocycles. The van der Waals surface area contributed by atoms with Gasteiger partial charge >= 0.3 is 5.97 Å². The van der Waals surface area contributed by atoms with E-state index in [9.17, 15) is 9.59 Å². The summed E-state index contributed by atoms with van der Waals surface area (Å²) in [5, 5.41) is 12.8. The molecule has 0 unspecified atom stereocenters. The van der Waals surface area contributed by atoms with Gasteiger partial charge in [0.05, 0.1) is 36.0 Å². The second-order valence-corrected chi connectivity index (χ2v) is 6.43. The van der Waals surface area contributed by atoms with Crippen molar-refractivity contribution in [1.82, 2.24) is 10.1 Å². The Morgan fingerprint density at radius 3 is 2.81 bits per heavy atom. The molecule has 1 fully saturated rings. The van der Waals surface area contributed by atoms with E-state index < -0.39 is 12.1 Å². The molecule has 0 spiro atoms. The summed E-state index contributed by atoms with van der Waals surface area (Å²) in [5.74, 6) is -0.00896. The number of hydrogen-bond acceptors (Lipinski definition) is 6. The summed E-state index contributed by atoms with van der Waals surface area (Å²) in [6, 6.07) is 7.00. The van der Waals surface area contributed by atoms with Crippen molar-refractivity contribution in [2.75, 3.05) is 19.7 Å². The molecule has 2 heterocycles. The number of benzene rings is 1. The number of morpholine rings is 1. The van der Waals surface area contributed by atoms with Crippen LogP contribution in [-0.4, -0.2) is 52.8 Å². The molecular formula is C19H22N2O6. The molecule has 8 nitrogen and oxygen atoms in total. The van der Waals surface area contributed by atoms with Crippen LogP contribution in [0.15, 0.2) is 28.8 Å². The van der Waals surface area contributed by atoms with E-state index in [0.29, 0.717) is 30.2 Å². The summed E-state index contributed by atoms with van der Waals surface area (Å²) >= 11 is 0. The van der Waals surface area contributed by atoms with Gasteiger partial charge in [-0.3, -0.25) is 9.59 Å². The van der Waals surface area contributed by atoms with Gasteiger partial charge in [0.15, 0.2) is 0 Å². The normalized spacial score (nSPS) is 17.0. The number of hydrogen-bond donors (Lipinski definition) is 1. The molecule has 1 aliphatic rings. The highest BCUT2D eigenvalue weighted by Gasteiger charge is 2.28. The highest BCUT2D eigenvalue weighted by atomic mass is 16.5. The van der Waals surface area contributed by atoms with Crippen LogP contribution >= 0.6 is 0 Å². The van der Waals surface area contributed by atoms with Gasteiger partial charge in [-0.25, -0.2) is 0 Å². The largest absolute Gasteiger partial charge is 0.488 e. The van der Waals surface area contributed by atoms with Gasteiger partial charge in [-0.1, -0.05) is 17.3 Å². The quantitative estimate of drug-likeness (QED) is 0.827. The summed E-state index contributed by atoms with van der Waals surface area (Å²) in [7, 11) is 0. The van der Waals surface area contributed by atoms with Crippen LogP contribution in [0.4, 0.5) is 0 Å². The maximum absolute atomic E-state index is 13.0. The van der Waals surface area contributed by atoms with Crippen molar-refractivity contribution in [2.24, 2.45) is 0 Å². The molecule has 1 saturated heterocycles. The Labute approximate surface area is 156 Å². The average molecular weight is 374 g/mol. The van der Waals surface area contributed by atoms with Crippen molar-refractivity contribution in [3.63, 3.8) is 0 Å². The van der Waals surface area contributed by atoms with Gasteiger partial charge < -0.3 is 24.0 Å². The summed E-state index contributed by atoms with van der Waals surface area (Å²) < 4.78 is 16.4. The number of carboxylic acids is 1. The first-order chi connectivity index (χ1) is 13.0. The van der Waals surface area contributed by atoms with Crippen LogP contribution in [0.5, 0.6) is 5.75 Å². The smallest absolute Gasteiger partial charge is 0.306 e. The predicted molar refractivity (Wildman–Crippen MR) is 94.6 cm³/mol. The first-order valence-electron chi connectivity index (χ1n) is 8.72. The minimum Gasteiger partial charge on any atom is -0.488 e. The van der Waals surface area contributed by atoms with E-state index in [2.05, 4.69) is 5.16 Å².